The number of benzene rings is 1. The van der Waals surface area contributed by atoms with Crippen molar-refractivity contribution in [1.82, 2.24) is 9.88 Å². The van der Waals surface area contributed by atoms with Crippen LogP contribution in [0.1, 0.15) is 52.1 Å². The molecule has 1 aliphatic rings. The van der Waals surface area contributed by atoms with Gasteiger partial charge in [0.05, 0.1) is 5.52 Å². The Bertz CT molecular complexity index is 746. The van der Waals surface area contributed by atoms with Crippen LogP contribution in [0.15, 0.2) is 30.3 Å². The first-order valence-electron chi connectivity index (χ1n) is 10.1. The molecule has 140 valence electrons. The summed E-state index contributed by atoms with van der Waals surface area (Å²) in [7, 11) is 0. The van der Waals surface area contributed by atoms with Crippen LogP contribution in [0.5, 0.6) is 0 Å². The minimum Gasteiger partial charge on any atom is -0.382 e. The van der Waals surface area contributed by atoms with E-state index < -0.39 is 0 Å². The SMILES string of the molecule is CCc1cc(NC2CCN(C(=O)C(CC)CC)CC2)c2ccccc2n1. The molecule has 0 atom stereocenters. The van der Waals surface area contributed by atoms with Crippen molar-refractivity contribution >= 4 is 22.5 Å². The number of rotatable bonds is 6. The summed E-state index contributed by atoms with van der Waals surface area (Å²) in [6, 6.07) is 10.9. The molecule has 0 bridgehead atoms. The van der Waals surface area contributed by atoms with Gasteiger partial charge < -0.3 is 10.2 Å². The third-order valence-electron chi connectivity index (χ3n) is 5.63. The molecule has 26 heavy (non-hydrogen) atoms. The largest absolute Gasteiger partial charge is 0.382 e. The molecule has 0 unspecified atom stereocenters. The quantitative estimate of drug-likeness (QED) is 0.823. The van der Waals surface area contributed by atoms with Gasteiger partial charge in [-0.05, 0) is 44.2 Å². The van der Waals surface area contributed by atoms with Crippen LogP contribution < -0.4 is 5.32 Å². The molecule has 0 radical (unpaired) electrons. The Hall–Kier alpha value is -2.10. The molecule has 3 rings (SSSR count). The first kappa shape index (κ1) is 18.7. The van der Waals surface area contributed by atoms with Crippen molar-refractivity contribution in [2.75, 3.05) is 18.4 Å². The average molecular weight is 354 g/mol. The van der Waals surface area contributed by atoms with Crippen LogP contribution in [0.2, 0.25) is 0 Å². The van der Waals surface area contributed by atoms with Gasteiger partial charge in [0.2, 0.25) is 5.91 Å². The number of anilines is 1. The Morgan fingerprint density at radius 1 is 1.19 bits per heavy atom. The van der Waals surface area contributed by atoms with Crippen molar-refractivity contribution in [3.63, 3.8) is 0 Å². The first-order chi connectivity index (χ1) is 12.7. The van der Waals surface area contributed by atoms with Crippen molar-refractivity contribution < 1.29 is 4.79 Å². The lowest BCUT2D eigenvalue weighted by atomic mass is 9.98. The average Bonchev–Trinajstić information content (AvgIpc) is 2.69. The number of piperidine rings is 1. The molecule has 1 N–H and O–H groups in total. The number of amides is 1. The number of aryl methyl sites for hydroxylation is 1. The number of hydrogen-bond acceptors (Lipinski definition) is 3. The van der Waals surface area contributed by atoms with E-state index in [0.29, 0.717) is 11.9 Å². The van der Waals surface area contributed by atoms with E-state index in [4.69, 9.17) is 4.98 Å². The predicted octanol–water partition coefficient (Wildman–Crippen LogP) is 4.64. The highest BCUT2D eigenvalue weighted by atomic mass is 16.2. The lowest BCUT2D eigenvalue weighted by Crippen LogP contribution is -2.44. The summed E-state index contributed by atoms with van der Waals surface area (Å²) in [5.41, 5.74) is 3.35. The Morgan fingerprint density at radius 3 is 2.54 bits per heavy atom. The second-order valence-electron chi connectivity index (χ2n) is 7.29. The van der Waals surface area contributed by atoms with Crippen LogP contribution in [0.25, 0.3) is 10.9 Å². The molecule has 2 aromatic rings. The number of fused-ring (bicyclic) bond motifs is 1. The fourth-order valence-corrected chi connectivity index (χ4v) is 3.89. The Kier molecular flexibility index (Phi) is 6.12. The summed E-state index contributed by atoms with van der Waals surface area (Å²) in [5.74, 6) is 0.534. The maximum absolute atomic E-state index is 12.6. The van der Waals surface area contributed by atoms with Crippen molar-refractivity contribution in [1.29, 1.82) is 0 Å². The second-order valence-corrected chi connectivity index (χ2v) is 7.29. The van der Waals surface area contributed by atoms with E-state index in [2.05, 4.69) is 55.3 Å². The van der Waals surface area contributed by atoms with Gasteiger partial charge in [0, 0.05) is 41.8 Å². The molecule has 1 aliphatic heterocycles. The second kappa shape index (κ2) is 8.52. The van der Waals surface area contributed by atoms with Crippen molar-refractivity contribution in [3.8, 4) is 0 Å². The molecule has 0 aliphatic carbocycles. The number of carbonyl (C=O) groups excluding carboxylic acids is 1. The highest BCUT2D eigenvalue weighted by Crippen LogP contribution is 2.26. The smallest absolute Gasteiger partial charge is 0.225 e. The monoisotopic (exact) mass is 353 g/mol. The van der Waals surface area contributed by atoms with Crippen LogP contribution >= 0.6 is 0 Å². The zero-order valence-corrected chi connectivity index (χ0v) is 16.3. The number of nitrogens with one attached hydrogen (secondary N) is 1. The van der Waals surface area contributed by atoms with Crippen LogP contribution in [0.3, 0.4) is 0 Å². The number of likely N-dealkylation sites (tertiary alicyclic amines) is 1. The molecule has 0 saturated carbocycles. The van der Waals surface area contributed by atoms with Gasteiger partial charge in [-0.2, -0.15) is 0 Å². The first-order valence-corrected chi connectivity index (χ1v) is 10.1. The molecule has 1 amide bonds. The highest BCUT2D eigenvalue weighted by Gasteiger charge is 2.26. The summed E-state index contributed by atoms with van der Waals surface area (Å²) >= 11 is 0. The molecule has 4 nitrogen and oxygen atoms in total. The lowest BCUT2D eigenvalue weighted by molar-refractivity contribution is -0.136. The minimum atomic E-state index is 0.191. The molecule has 1 saturated heterocycles. The summed E-state index contributed by atoms with van der Waals surface area (Å²) in [6.45, 7) is 8.08. The van der Waals surface area contributed by atoms with Crippen molar-refractivity contribution in [2.45, 2.75) is 58.9 Å². The number of carbonyl (C=O) groups is 1. The lowest BCUT2D eigenvalue weighted by Gasteiger charge is -2.35. The summed E-state index contributed by atoms with van der Waals surface area (Å²) < 4.78 is 0. The van der Waals surface area contributed by atoms with Crippen LogP contribution in [-0.4, -0.2) is 34.9 Å². The Morgan fingerprint density at radius 2 is 1.88 bits per heavy atom. The zero-order valence-electron chi connectivity index (χ0n) is 16.3. The summed E-state index contributed by atoms with van der Waals surface area (Å²) in [5, 5.41) is 4.92. The fraction of sp³-hybridized carbons (Fsp3) is 0.545. The molecular weight excluding hydrogens is 322 g/mol. The number of pyridine rings is 1. The van der Waals surface area contributed by atoms with E-state index in [-0.39, 0.29) is 5.92 Å². The summed E-state index contributed by atoms with van der Waals surface area (Å²) in [4.78, 5) is 19.4. The summed E-state index contributed by atoms with van der Waals surface area (Å²) in [6.07, 6.45) is 4.82. The van der Waals surface area contributed by atoms with Gasteiger partial charge in [-0.25, -0.2) is 0 Å². The molecule has 1 aromatic carbocycles. The maximum atomic E-state index is 12.6. The van der Waals surface area contributed by atoms with E-state index in [0.717, 1.165) is 56.4 Å². The predicted molar refractivity (Wildman–Crippen MR) is 108 cm³/mol. The number of hydrogen-bond donors (Lipinski definition) is 1. The molecule has 0 spiro atoms. The van der Waals surface area contributed by atoms with Gasteiger partial charge in [-0.15, -0.1) is 0 Å². The van der Waals surface area contributed by atoms with Crippen molar-refractivity contribution in [3.05, 3.63) is 36.0 Å². The van der Waals surface area contributed by atoms with E-state index in [1.54, 1.807) is 0 Å². The van der Waals surface area contributed by atoms with E-state index in [9.17, 15) is 4.79 Å². The van der Waals surface area contributed by atoms with Gasteiger partial charge in [0.25, 0.3) is 0 Å². The Labute approximate surface area is 157 Å². The number of aromatic nitrogens is 1. The van der Waals surface area contributed by atoms with Gasteiger partial charge in [-0.3, -0.25) is 9.78 Å². The number of nitrogens with zero attached hydrogens (tertiary/aromatic N) is 2. The minimum absolute atomic E-state index is 0.191. The topological polar surface area (TPSA) is 45.2 Å². The van der Waals surface area contributed by atoms with E-state index >= 15 is 0 Å². The third-order valence-corrected chi connectivity index (χ3v) is 5.63. The molecule has 4 heteroatoms. The van der Waals surface area contributed by atoms with E-state index in [1.807, 2.05) is 6.07 Å². The van der Waals surface area contributed by atoms with Gasteiger partial charge in [0.15, 0.2) is 0 Å². The molecule has 1 fully saturated rings. The fourth-order valence-electron chi connectivity index (χ4n) is 3.89. The third kappa shape index (κ3) is 4.00. The van der Waals surface area contributed by atoms with Crippen LogP contribution in [-0.2, 0) is 11.2 Å². The van der Waals surface area contributed by atoms with Gasteiger partial charge in [-0.1, -0.05) is 39.0 Å². The molecular formula is C22H31N3O. The van der Waals surface area contributed by atoms with Gasteiger partial charge in [0.1, 0.15) is 0 Å². The van der Waals surface area contributed by atoms with Crippen LogP contribution in [0, 0.1) is 5.92 Å². The molecule has 1 aromatic heterocycles. The highest BCUT2D eigenvalue weighted by molar-refractivity contribution is 5.91. The number of para-hydroxylation sites is 1. The zero-order chi connectivity index (χ0) is 18.5. The standard InChI is InChI=1S/C22H31N3O/c1-4-16(5-2)22(26)25-13-11-18(12-14-25)24-21-15-17(6-3)23-20-10-8-7-9-19(20)21/h7-10,15-16,18H,4-6,11-14H2,1-3H3,(H,23,24). The van der Waals surface area contributed by atoms with Crippen molar-refractivity contribution in [2.24, 2.45) is 5.92 Å². The maximum Gasteiger partial charge on any atom is 0.225 e. The Balaban J connectivity index is 1.68. The normalized spacial score (nSPS) is 15.6. The van der Waals surface area contributed by atoms with Gasteiger partial charge >= 0.3 is 0 Å². The van der Waals surface area contributed by atoms with Crippen LogP contribution in [0.4, 0.5) is 5.69 Å². The molecule has 2 heterocycles. The van der Waals surface area contributed by atoms with E-state index in [1.165, 1.54) is 11.1 Å².